The fourth-order valence-electron chi connectivity index (χ4n) is 5.00. The van der Waals surface area contributed by atoms with Gasteiger partial charge in [0.25, 0.3) is 12.3 Å². The summed E-state index contributed by atoms with van der Waals surface area (Å²) in [5, 5.41) is 0. The maximum atomic E-state index is 13.4. The first-order chi connectivity index (χ1) is 17.2. The Hall–Kier alpha value is -2.78. The van der Waals surface area contributed by atoms with E-state index in [1.165, 1.54) is 19.2 Å². The molecule has 9 heteroatoms. The number of likely N-dealkylation sites (tertiary alicyclic amines) is 1. The summed E-state index contributed by atoms with van der Waals surface area (Å²) in [6.07, 6.45) is -1.91. The highest BCUT2D eigenvalue weighted by Gasteiger charge is 2.44. The number of methoxy groups -OCH3 is 1. The van der Waals surface area contributed by atoms with Crippen LogP contribution in [0.5, 0.6) is 11.5 Å². The molecule has 6 nitrogen and oxygen atoms in total. The first-order valence-electron chi connectivity index (χ1n) is 12.3. The molecular formula is C27H33F3N2O4. The van der Waals surface area contributed by atoms with Gasteiger partial charge in [-0.25, -0.2) is 13.2 Å². The number of piperidine rings is 1. The predicted molar refractivity (Wildman–Crippen MR) is 129 cm³/mol. The van der Waals surface area contributed by atoms with Gasteiger partial charge in [-0.05, 0) is 62.6 Å². The third-order valence-electron chi connectivity index (χ3n) is 6.70. The molecule has 2 saturated heterocycles. The molecule has 0 aromatic heterocycles. The number of alkyl halides is 2. The average molecular weight is 507 g/mol. The summed E-state index contributed by atoms with van der Waals surface area (Å²) in [7, 11) is 1.53. The maximum Gasteiger partial charge on any atom is 0.253 e. The second-order valence-corrected chi connectivity index (χ2v) is 9.75. The van der Waals surface area contributed by atoms with Gasteiger partial charge < -0.3 is 19.1 Å². The van der Waals surface area contributed by atoms with Crippen LogP contribution in [0.3, 0.4) is 0 Å². The van der Waals surface area contributed by atoms with Gasteiger partial charge in [-0.2, -0.15) is 0 Å². The van der Waals surface area contributed by atoms with Crippen molar-refractivity contribution in [1.82, 2.24) is 9.80 Å². The highest BCUT2D eigenvalue weighted by molar-refractivity contribution is 5.95. The summed E-state index contributed by atoms with van der Waals surface area (Å²) in [6, 6.07) is 11.1. The van der Waals surface area contributed by atoms with Crippen LogP contribution in [0, 0.1) is 5.82 Å². The number of morpholine rings is 1. The molecule has 2 heterocycles. The quantitative estimate of drug-likeness (QED) is 0.533. The summed E-state index contributed by atoms with van der Waals surface area (Å²) >= 11 is 0. The van der Waals surface area contributed by atoms with Gasteiger partial charge in [-0.15, -0.1) is 0 Å². The molecule has 1 atom stereocenters. The summed E-state index contributed by atoms with van der Waals surface area (Å²) in [5.41, 5.74) is 0.589. The number of amides is 1. The smallest absolute Gasteiger partial charge is 0.253 e. The Morgan fingerprint density at radius 3 is 2.42 bits per heavy atom. The molecule has 4 rings (SSSR count). The Bertz CT molecular complexity index is 1040. The van der Waals surface area contributed by atoms with Crippen LogP contribution in [0.2, 0.25) is 0 Å². The van der Waals surface area contributed by atoms with E-state index in [0.717, 1.165) is 5.56 Å². The van der Waals surface area contributed by atoms with Crippen molar-refractivity contribution >= 4 is 5.91 Å². The lowest BCUT2D eigenvalue weighted by Gasteiger charge is -2.50. The zero-order valence-electron chi connectivity index (χ0n) is 20.9. The first-order valence-corrected chi connectivity index (χ1v) is 12.3. The van der Waals surface area contributed by atoms with E-state index in [-0.39, 0.29) is 24.4 Å². The highest BCUT2D eigenvalue weighted by atomic mass is 19.3. The number of hydrogen-bond donors (Lipinski definition) is 0. The Balaban J connectivity index is 1.47. The van der Waals surface area contributed by atoms with Gasteiger partial charge in [0.2, 0.25) is 0 Å². The predicted octanol–water partition coefficient (Wildman–Crippen LogP) is 4.93. The van der Waals surface area contributed by atoms with E-state index in [1.54, 1.807) is 40.1 Å². The Morgan fingerprint density at radius 2 is 1.81 bits per heavy atom. The number of ether oxygens (including phenoxy) is 3. The molecule has 2 aromatic carbocycles. The molecular weight excluding hydrogens is 473 g/mol. The minimum atomic E-state index is -2.46. The number of nitrogens with zero attached hydrogens (tertiary/aromatic N) is 2. The van der Waals surface area contributed by atoms with E-state index in [1.807, 2.05) is 13.8 Å². The topological polar surface area (TPSA) is 51.2 Å². The van der Waals surface area contributed by atoms with Crippen molar-refractivity contribution in [2.45, 2.75) is 50.9 Å². The fraction of sp³-hybridized carbons (Fsp3) is 0.519. The van der Waals surface area contributed by atoms with Crippen LogP contribution in [-0.2, 0) is 4.74 Å². The zero-order chi connectivity index (χ0) is 25.9. The molecule has 0 radical (unpaired) electrons. The van der Waals surface area contributed by atoms with Crippen LogP contribution in [0.1, 0.15) is 48.7 Å². The maximum absolute atomic E-state index is 13.4. The van der Waals surface area contributed by atoms with Crippen molar-refractivity contribution in [3.8, 4) is 11.5 Å². The van der Waals surface area contributed by atoms with Crippen LogP contribution in [0.4, 0.5) is 13.2 Å². The monoisotopic (exact) mass is 506 g/mol. The Morgan fingerprint density at radius 1 is 1.11 bits per heavy atom. The van der Waals surface area contributed by atoms with E-state index in [4.69, 9.17) is 14.2 Å². The number of benzene rings is 2. The number of rotatable bonds is 7. The van der Waals surface area contributed by atoms with Gasteiger partial charge in [0.15, 0.2) is 11.5 Å². The minimum Gasteiger partial charge on any atom is -0.493 e. The van der Waals surface area contributed by atoms with Gasteiger partial charge in [0, 0.05) is 31.7 Å². The van der Waals surface area contributed by atoms with Crippen molar-refractivity contribution < 1.29 is 32.2 Å². The lowest BCUT2D eigenvalue weighted by Crippen LogP contribution is -2.58. The second-order valence-electron chi connectivity index (χ2n) is 9.75. The molecule has 2 aliphatic heterocycles. The molecule has 0 aliphatic carbocycles. The Kier molecular flexibility index (Phi) is 8.10. The lowest BCUT2D eigenvalue weighted by molar-refractivity contribution is -0.180. The van der Waals surface area contributed by atoms with Crippen molar-refractivity contribution in [2.24, 2.45) is 0 Å². The molecule has 2 aromatic rings. The van der Waals surface area contributed by atoms with E-state index in [9.17, 15) is 18.0 Å². The van der Waals surface area contributed by atoms with E-state index in [0.29, 0.717) is 56.1 Å². The summed E-state index contributed by atoms with van der Waals surface area (Å²) in [6.45, 7) is 5.03. The van der Waals surface area contributed by atoms with Crippen molar-refractivity contribution in [3.63, 3.8) is 0 Å². The van der Waals surface area contributed by atoms with E-state index < -0.39 is 18.1 Å². The van der Waals surface area contributed by atoms with Gasteiger partial charge in [0.05, 0.1) is 31.5 Å². The average Bonchev–Trinajstić information content (AvgIpc) is 2.84. The van der Waals surface area contributed by atoms with Gasteiger partial charge in [0.1, 0.15) is 5.82 Å². The van der Waals surface area contributed by atoms with Crippen LogP contribution < -0.4 is 9.47 Å². The van der Waals surface area contributed by atoms with E-state index >= 15 is 0 Å². The Labute approximate surface area is 209 Å². The third-order valence-corrected chi connectivity index (χ3v) is 6.70. The summed E-state index contributed by atoms with van der Waals surface area (Å²) in [5.74, 6) is 0.571. The van der Waals surface area contributed by atoms with Crippen molar-refractivity contribution in [1.29, 1.82) is 0 Å². The van der Waals surface area contributed by atoms with Gasteiger partial charge in [-0.3, -0.25) is 9.69 Å². The second kappa shape index (κ2) is 11.1. The molecule has 0 saturated carbocycles. The molecule has 1 spiro atoms. The highest BCUT2D eigenvalue weighted by Crippen LogP contribution is 2.38. The largest absolute Gasteiger partial charge is 0.493 e. The molecule has 0 N–H and O–H groups in total. The first kappa shape index (κ1) is 26.3. The fourth-order valence-corrected chi connectivity index (χ4v) is 5.00. The van der Waals surface area contributed by atoms with Crippen molar-refractivity contribution in [3.05, 3.63) is 59.4 Å². The molecule has 2 aliphatic rings. The molecule has 1 amide bonds. The molecule has 196 valence electrons. The van der Waals surface area contributed by atoms with Crippen LogP contribution >= 0.6 is 0 Å². The van der Waals surface area contributed by atoms with Gasteiger partial charge >= 0.3 is 0 Å². The molecule has 2 fully saturated rings. The normalized spacial score (nSPS) is 20.2. The SMILES string of the molecule is COc1cc(C(=O)N2CCC3(CC2)CN(CC(F)F)CC(c2ccc(F)cc2)O3)ccc1OC(C)C. The standard InChI is InChI=1S/C27H33F3N2O4/c1-18(2)35-22-9-6-20(14-23(22)34-3)26(33)32-12-10-27(11-13-32)17-31(16-25(29)30)15-24(36-27)19-4-7-21(28)8-5-19/h4-9,14,18,24-25H,10-13,15-17H2,1-3H3. The lowest BCUT2D eigenvalue weighted by atomic mass is 9.87. The van der Waals surface area contributed by atoms with E-state index in [2.05, 4.69) is 0 Å². The number of carbonyl (C=O) groups excluding carboxylic acids is 1. The minimum absolute atomic E-state index is 0.0300. The number of carbonyl (C=O) groups is 1. The van der Waals surface area contributed by atoms with Gasteiger partial charge in [-0.1, -0.05) is 12.1 Å². The van der Waals surface area contributed by atoms with Crippen LogP contribution in [-0.4, -0.2) is 73.7 Å². The summed E-state index contributed by atoms with van der Waals surface area (Å²) in [4.78, 5) is 16.7. The van der Waals surface area contributed by atoms with Crippen LogP contribution in [0.15, 0.2) is 42.5 Å². The molecule has 1 unspecified atom stereocenters. The molecule has 0 bridgehead atoms. The molecule has 36 heavy (non-hydrogen) atoms. The van der Waals surface area contributed by atoms with Crippen LogP contribution in [0.25, 0.3) is 0 Å². The number of hydrogen-bond acceptors (Lipinski definition) is 5. The summed E-state index contributed by atoms with van der Waals surface area (Å²) < 4.78 is 57.6. The number of halogens is 3. The third kappa shape index (κ3) is 6.13. The zero-order valence-corrected chi connectivity index (χ0v) is 20.9. The van der Waals surface area contributed by atoms with Crippen molar-refractivity contribution in [2.75, 3.05) is 39.8 Å².